The van der Waals surface area contributed by atoms with Crippen LogP contribution >= 0.6 is 11.6 Å². The van der Waals surface area contributed by atoms with Gasteiger partial charge in [-0.2, -0.15) is 4.98 Å². The van der Waals surface area contributed by atoms with Crippen LogP contribution in [0.5, 0.6) is 5.88 Å². The van der Waals surface area contributed by atoms with Gasteiger partial charge in [-0.25, -0.2) is 4.98 Å². The Labute approximate surface area is 111 Å². The molecular weight excluding hydrogens is 256 g/mol. The molecule has 0 radical (unpaired) electrons. The van der Waals surface area contributed by atoms with Gasteiger partial charge in [0.25, 0.3) is 0 Å². The molecule has 1 fully saturated rings. The van der Waals surface area contributed by atoms with E-state index in [4.69, 9.17) is 21.1 Å². The topological polar surface area (TPSA) is 68.3 Å². The van der Waals surface area contributed by atoms with Crippen LogP contribution in [0.3, 0.4) is 0 Å². The van der Waals surface area contributed by atoms with E-state index in [-0.39, 0.29) is 0 Å². The lowest BCUT2D eigenvalue weighted by Crippen LogP contribution is -2.23. The first-order valence-corrected chi connectivity index (χ1v) is 6.29. The van der Waals surface area contributed by atoms with Crippen molar-refractivity contribution in [2.75, 3.05) is 38.7 Å². The minimum atomic E-state index is 0.359. The van der Waals surface area contributed by atoms with Crippen molar-refractivity contribution in [3.05, 3.63) is 11.2 Å². The van der Waals surface area contributed by atoms with Gasteiger partial charge in [-0.1, -0.05) is 11.6 Å². The molecule has 0 spiro atoms. The van der Waals surface area contributed by atoms with E-state index in [2.05, 4.69) is 20.6 Å². The number of nitrogens with one attached hydrogen (secondary N) is 2. The lowest BCUT2D eigenvalue weighted by atomic mass is 10.3. The van der Waals surface area contributed by atoms with Crippen molar-refractivity contribution in [1.29, 1.82) is 0 Å². The number of methoxy groups -OCH3 is 1. The van der Waals surface area contributed by atoms with Crippen molar-refractivity contribution < 1.29 is 9.47 Å². The molecule has 1 aliphatic heterocycles. The number of aromatic nitrogens is 2. The summed E-state index contributed by atoms with van der Waals surface area (Å²) in [5.41, 5.74) is 0. The summed E-state index contributed by atoms with van der Waals surface area (Å²) in [7, 11) is 1.62. The monoisotopic (exact) mass is 272 g/mol. The zero-order chi connectivity index (χ0) is 12.8. The Bertz CT molecular complexity index is 385. The molecule has 7 heteroatoms. The molecule has 1 atom stereocenters. The summed E-state index contributed by atoms with van der Waals surface area (Å²) in [6.45, 7) is 2.85. The van der Waals surface area contributed by atoms with E-state index in [0.717, 1.165) is 19.5 Å². The highest BCUT2D eigenvalue weighted by atomic mass is 35.5. The van der Waals surface area contributed by atoms with Crippen LogP contribution in [0.1, 0.15) is 6.42 Å². The quantitative estimate of drug-likeness (QED) is 0.751. The van der Waals surface area contributed by atoms with Crippen molar-refractivity contribution in [2.24, 2.45) is 0 Å². The molecule has 1 aliphatic rings. The Morgan fingerprint density at radius 1 is 1.56 bits per heavy atom. The summed E-state index contributed by atoms with van der Waals surface area (Å²) >= 11 is 5.96. The van der Waals surface area contributed by atoms with E-state index < -0.39 is 0 Å². The molecular formula is C11H17ClN4O2. The zero-order valence-electron chi connectivity index (χ0n) is 10.3. The van der Waals surface area contributed by atoms with Gasteiger partial charge < -0.3 is 20.1 Å². The van der Waals surface area contributed by atoms with Crippen molar-refractivity contribution in [3.8, 4) is 5.88 Å². The van der Waals surface area contributed by atoms with Crippen LogP contribution in [-0.2, 0) is 4.74 Å². The molecule has 100 valence electrons. The molecule has 6 nitrogen and oxygen atoms in total. The van der Waals surface area contributed by atoms with Crippen LogP contribution in [0.2, 0.25) is 5.02 Å². The summed E-state index contributed by atoms with van der Waals surface area (Å²) in [4.78, 5) is 8.39. The Balaban J connectivity index is 1.96. The number of ether oxygens (including phenoxy) is 2. The van der Waals surface area contributed by atoms with Crippen LogP contribution in [0.4, 0.5) is 5.95 Å². The van der Waals surface area contributed by atoms with Gasteiger partial charge in [-0.15, -0.1) is 0 Å². The van der Waals surface area contributed by atoms with Gasteiger partial charge in [0.15, 0.2) is 0 Å². The predicted molar refractivity (Wildman–Crippen MR) is 69.3 cm³/mol. The van der Waals surface area contributed by atoms with E-state index >= 15 is 0 Å². The van der Waals surface area contributed by atoms with E-state index in [1.54, 1.807) is 13.3 Å². The second-order valence-electron chi connectivity index (χ2n) is 4.02. The summed E-state index contributed by atoms with van der Waals surface area (Å²) in [5.74, 6) is 0.928. The number of hydrogen-bond acceptors (Lipinski definition) is 6. The van der Waals surface area contributed by atoms with E-state index in [9.17, 15) is 0 Å². The van der Waals surface area contributed by atoms with Gasteiger partial charge in [0.2, 0.25) is 11.8 Å². The second-order valence-corrected chi connectivity index (χ2v) is 4.43. The summed E-state index contributed by atoms with van der Waals surface area (Å²) in [5, 5.41) is 6.92. The number of anilines is 1. The van der Waals surface area contributed by atoms with Crippen molar-refractivity contribution >= 4 is 17.5 Å². The Morgan fingerprint density at radius 2 is 2.44 bits per heavy atom. The standard InChI is InChI=1S/C11H17ClN4O2/c1-17-4-5-18-10-9(12)7-14-11(16-10)15-8-2-3-13-6-8/h7-8,13H,2-6H2,1H3,(H,14,15,16). The lowest BCUT2D eigenvalue weighted by Gasteiger charge is -2.12. The Morgan fingerprint density at radius 3 is 3.17 bits per heavy atom. The van der Waals surface area contributed by atoms with Gasteiger partial charge in [-0.3, -0.25) is 0 Å². The molecule has 2 heterocycles. The average Bonchev–Trinajstić information content (AvgIpc) is 2.86. The minimum Gasteiger partial charge on any atom is -0.474 e. The molecule has 0 bridgehead atoms. The van der Waals surface area contributed by atoms with Crippen molar-refractivity contribution in [2.45, 2.75) is 12.5 Å². The second kappa shape index (κ2) is 6.72. The zero-order valence-corrected chi connectivity index (χ0v) is 11.0. The van der Waals surface area contributed by atoms with Gasteiger partial charge in [0.1, 0.15) is 11.6 Å². The van der Waals surface area contributed by atoms with E-state index in [1.807, 2.05) is 0 Å². The van der Waals surface area contributed by atoms with Crippen LogP contribution in [0.25, 0.3) is 0 Å². The minimum absolute atomic E-state index is 0.359. The van der Waals surface area contributed by atoms with Crippen LogP contribution in [0, 0.1) is 0 Å². The molecule has 0 saturated carbocycles. The van der Waals surface area contributed by atoms with E-state index in [0.29, 0.717) is 36.1 Å². The molecule has 1 aromatic heterocycles. The molecule has 0 aromatic carbocycles. The van der Waals surface area contributed by atoms with Gasteiger partial charge in [-0.05, 0) is 13.0 Å². The molecule has 2 N–H and O–H groups in total. The van der Waals surface area contributed by atoms with Crippen molar-refractivity contribution in [1.82, 2.24) is 15.3 Å². The maximum absolute atomic E-state index is 5.96. The third-order valence-corrected chi connectivity index (χ3v) is 2.89. The highest BCUT2D eigenvalue weighted by Gasteiger charge is 2.16. The Kier molecular flexibility index (Phi) is 4.98. The first-order valence-electron chi connectivity index (χ1n) is 5.91. The third-order valence-electron chi connectivity index (χ3n) is 2.63. The maximum Gasteiger partial charge on any atom is 0.237 e. The fraction of sp³-hybridized carbons (Fsp3) is 0.636. The predicted octanol–water partition coefficient (Wildman–Crippen LogP) is 0.929. The summed E-state index contributed by atoms with van der Waals surface area (Å²) < 4.78 is 10.3. The molecule has 18 heavy (non-hydrogen) atoms. The fourth-order valence-electron chi connectivity index (χ4n) is 1.70. The maximum atomic E-state index is 5.96. The number of rotatable bonds is 6. The molecule has 1 unspecified atom stereocenters. The number of nitrogens with zero attached hydrogens (tertiary/aromatic N) is 2. The first-order chi connectivity index (χ1) is 8.79. The van der Waals surface area contributed by atoms with Crippen LogP contribution < -0.4 is 15.4 Å². The first kappa shape index (κ1) is 13.3. The van der Waals surface area contributed by atoms with Crippen LogP contribution in [0.15, 0.2) is 6.20 Å². The molecule has 2 rings (SSSR count). The summed E-state index contributed by atoms with van der Waals surface area (Å²) in [6.07, 6.45) is 2.60. The SMILES string of the molecule is COCCOc1nc(NC2CCNC2)ncc1Cl. The molecule has 1 saturated heterocycles. The van der Waals surface area contributed by atoms with Gasteiger partial charge in [0, 0.05) is 19.7 Å². The molecule has 0 aliphatic carbocycles. The number of hydrogen-bond donors (Lipinski definition) is 2. The molecule has 1 aromatic rings. The lowest BCUT2D eigenvalue weighted by molar-refractivity contribution is 0.144. The largest absolute Gasteiger partial charge is 0.474 e. The fourth-order valence-corrected chi connectivity index (χ4v) is 1.85. The Hall–Kier alpha value is -1.11. The number of halogens is 1. The normalized spacial score (nSPS) is 18.9. The average molecular weight is 273 g/mol. The summed E-state index contributed by atoms with van der Waals surface area (Å²) in [6, 6.07) is 0.359. The molecule has 0 amide bonds. The third kappa shape index (κ3) is 3.69. The van der Waals surface area contributed by atoms with Gasteiger partial charge >= 0.3 is 0 Å². The van der Waals surface area contributed by atoms with Crippen molar-refractivity contribution in [3.63, 3.8) is 0 Å². The highest BCUT2D eigenvalue weighted by Crippen LogP contribution is 2.22. The smallest absolute Gasteiger partial charge is 0.237 e. The van der Waals surface area contributed by atoms with E-state index in [1.165, 1.54) is 0 Å². The highest BCUT2D eigenvalue weighted by molar-refractivity contribution is 6.31. The van der Waals surface area contributed by atoms with Gasteiger partial charge in [0.05, 0.1) is 12.8 Å². The van der Waals surface area contributed by atoms with Crippen LogP contribution in [-0.4, -0.2) is 49.4 Å².